The van der Waals surface area contributed by atoms with E-state index in [-0.39, 0.29) is 18.1 Å². The van der Waals surface area contributed by atoms with Crippen LogP contribution < -0.4 is 5.32 Å². The minimum Gasteiger partial charge on any atom is -0.462 e. The summed E-state index contributed by atoms with van der Waals surface area (Å²) < 4.78 is 10.7. The van der Waals surface area contributed by atoms with Crippen LogP contribution >= 0.6 is 23.1 Å². The van der Waals surface area contributed by atoms with Crippen molar-refractivity contribution >= 4 is 40.0 Å². The molecule has 0 fully saturated rings. The van der Waals surface area contributed by atoms with Gasteiger partial charge >= 0.3 is 5.97 Å². The average molecular weight is 399 g/mol. The Balaban J connectivity index is 2.03. The molecule has 26 heavy (non-hydrogen) atoms. The molecular weight excluding hydrogens is 376 g/mol. The van der Waals surface area contributed by atoms with Crippen molar-refractivity contribution in [2.45, 2.75) is 25.1 Å². The van der Waals surface area contributed by atoms with Gasteiger partial charge in [0, 0.05) is 25.0 Å². The van der Waals surface area contributed by atoms with E-state index < -0.39 is 5.97 Å². The standard InChI is InChI=1S/C16H22N4O4S2/c1-5-24-14(22)13-10(3)18-9(2)12(13)11(21)8-25-16-20-19-15(26-16)17-6-7-23-4/h18H,5-8H2,1-4H3,(H,17,19). The quantitative estimate of drug-likeness (QED) is 0.272. The number of rotatable bonds is 10. The number of aromatic nitrogens is 3. The van der Waals surface area contributed by atoms with Crippen LogP contribution in [0.15, 0.2) is 4.34 Å². The molecule has 2 aromatic rings. The van der Waals surface area contributed by atoms with Gasteiger partial charge in [-0.15, -0.1) is 10.2 Å². The Hall–Kier alpha value is -1.91. The maximum atomic E-state index is 12.7. The van der Waals surface area contributed by atoms with Crippen LogP contribution in [0.4, 0.5) is 5.13 Å². The molecule has 2 heterocycles. The van der Waals surface area contributed by atoms with E-state index in [1.54, 1.807) is 27.9 Å². The number of Topliss-reactive ketones (excluding diaryl/α,β-unsaturated/α-hetero) is 1. The summed E-state index contributed by atoms with van der Waals surface area (Å²) >= 11 is 2.66. The Morgan fingerprint density at radius 2 is 1.96 bits per heavy atom. The molecule has 2 N–H and O–H groups in total. The van der Waals surface area contributed by atoms with Gasteiger partial charge in [0.25, 0.3) is 0 Å². The Labute approximate surface area is 160 Å². The van der Waals surface area contributed by atoms with Gasteiger partial charge in [-0.25, -0.2) is 4.79 Å². The number of methoxy groups -OCH3 is 1. The second kappa shape index (κ2) is 9.70. The fourth-order valence-electron chi connectivity index (χ4n) is 2.39. The van der Waals surface area contributed by atoms with E-state index >= 15 is 0 Å². The number of carbonyl (C=O) groups is 2. The molecule has 0 radical (unpaired) electrons. The van der Waals surface area contributed by atoms with Gasteiger partial charge in [-0.05, 0) is 20.8 Å². The lowest BCUT2D eigenvalue weighted by Crippen LogP contribution is -2.13. The Morgan fingerprint density at radius 1 is 1.23 bits per heavy atom. The first-order chi connectivity index (χ1) is 12.5. The maximum absolute atomic E-state index is 12.7. The molecule has 142 valence electrons. The van der Waals surface area contributed by atoms with Gasteiger partial charge < -0.3 is 19.8 Å². The van der Waals surface area contributed by atoms with Crippen molar-refractivity contribution in [3.63, 3.8) is 0 Å². The summed E-state index contributed by atoms with van der Waals surface area (Å²) in [5.41, 5.74) is 2.00. The van der Waals surface area contributed by atoms with E-state index in [0.29, 0.717) is 45.1 Å². The van der Waals surface area contributed by atoms with Gasteiger partial charge in [0.15, 0.2) is 10.1 Å². The fraction of sp³-hybridized carbons (Fsp3) is 0.500. The van der Waals surface area contributed by atoms with E-state index in [0.717, 1.165) is 0 Å². The van der Waals surface area contributed by atoms with Crippen molar-refractivity contribution < 1.29 is 19.1 Å². The van der Waals surface area contributed by atoms with Crippen molar-refractivity contribution in [3.05, 3.63) is 22.5 Å². The Bertz CT molecular complexity index is 772. The fourth-order valence-corrected chi connectivity index (χ4v) is 4.04. The Kier molecular flexibility index (Phi) is 7.61. The molecule has 0 atom stereocenters. The third-order valence-electron chi connectivity index (χ3n) is 3.45. The van der Waals surface area contributed by atoms with E-state index in [2.05, 4.69) is 20.5 Å². The Morgan fingerprint density at radius 3 is 2.65 bits per heavy atom. The summed E-state index contributed by atoms with van der Waals surface area (Å²) in [5, 5.41) is 11.8. The first-order valence-electron chi connectivity index (χ1n) is 8.06. The summed E-state index contributed by atoms with van der Waals surface area (Å²) in [7, 11) is 1.63. The lowest BCUT2D eigenvalue weighted by Gasteiger charge is -2.05. The number of hydrogen-bond acceptors (Lipinski definition) is 9. The number of carbonyl (C=O) groups excluding carboxylic acids is 2. The van der Waals surface area contributed by atoms with Crippen molar-refractivity contribution in [2.24, 2.45) is 0 Å². The van der Waals surface area contributed by atoms with Crippen molar-refractivity contribution in [1.29, 1.82) is 0 Å². The van der Waals surface area contributed by atoms with Crippen molar-refractivity contribution in [3.8, 4) is 0 Å². The summed E-state index contributed by atoms with van der Waals surface area (Å²) in [5.74, 6) is -0.468. The van der Waals surface area contributed by atoms with Gasteiger partial charge in [0.1, 0.15) is 0 Å². The van der Waals surface area contributed by atoms with Crippen LogP contribution in [0, 0.1) is 13.8 Å². The highest BCUT2D eigenvalue weighted by Gasteiger charge is 2.25. The summed E-state index contributed by atoms with van der Waals surface area (Å²) in [6.45, 7) is 6.73. The smallest absolute Gasteiger partial charge is 0.340 e. The lowest BCUT2D eigenvalue weighted by molar-refractivity contribution is 0.0522. The number of ether oxygens (including phenoxy) is 2. The number of aromatic amines is 1. The summed E-state index contributed by atoms with van der Waals surface area (Å²) in [4.78, 5) is 27.9. The zero-order chi connectivity index (χ0) is 19.1. The largest absolute Gasteiger partial charge is 0.462 e. The molecule has 0 saturated heterocycles. The molecule has 0 saturated carbocycles. The third-order valence-corrected chi connectivity index (χ3v) is 5.46. The lowest BCUT2D eigenvalue weighted by atomic mass is 10.1. The number of anilines is 1. The highest BCUT2D eigenvalue weighted by molar-refractivity contribution is 8.01. The number of hydrogen-bond donors (Lipinski definition) is 2. The van der Waals surface area contributed by atoms with E-state index in [9.17, 15) is 9.59 Å². The van der Waals surface area contributed by atoms with Gasteiger partial charge in [0.2, 0.25) is 5.13 Å². The summed E-state index contributed by atoms with van der Waals surface area (Å²) in [6, 6.07) is 0. The first-order valence-corrected chi connectivity index (χ1v) is 9.86. The normalized spacial score (nSPS) is 10.8. The molecule has 0 aliphatic heterocycles. The number of esters is 1. The highest BCUT2D eigenvalue weighted by Crippen LogP contribution is 2.28. The monoisotopic (exact) mass is 398 g/mol. The van der Waals surface area contributed by atoms with E-state index in [1.807, 2.05) is 0 Å². The number of aryl methyl sites for hydroxylation is 2. The minimum absolute atomic E-state index is 0.149. The zero-order valence-electron chi connectivity index (χ0n) is 15.2. The number of ketones is 1. The van der Waals surface area contributed by atoms with Crippen LogP contribution in [-0.2, 0) is 9.47 Å². The third kappa shape index (κ3) is 5.05. The average Bonchev–Trinajstić information content (AvgIpc) is 3.16. The predicted octanol–water partition coefficient (Wildman–Crippen LogP) is 2.69. The molecule has 0 amide bonds. The van der Waals surface area contributed by atoms with Gasteiger partial charge in [-0.1, -0.05) is 23.1 Å². The number of thioether (sulfide) groups is 1. The second-order valence-corrected chi connectivity index (χ2v) is 7.55. The van der Waals surface area contributed by atoms with Gasteiger partial charge in [0.05, 0.1) is 30.1 Å². The van der Waals surface area contributed by atoms with Crippen LogP contribution in [0.3, 0.4) is 0 Å². The van der Waals surface area contributed by atoms with Crippen molar-refractivity contribution in [1.82, 2.24) is 15.2 Å². The first kappa shape index (κ1) is 20.4. The molecule has 10 heteroatoms. The molecule has 0 unspecified atom stereocenters. The van der Waals surface area contributed by atoms with Crippen LogP contribution in [-0.4, -0.2) is 59.6 Å². The second-order valence-electron chi connectivity index (χ2n) is 5.35. The molecule has 0 aliphatic rings. The van der Waals surface area contributed by atoms with Crippen molar-refractivity contribution in [2.75, 3.05) is 37.9 Å². The number of nitrogens with one attached hydrogen (secondary N) is 2. The molecule has 8 nitrogen and oxygen atoms in total. The van der Waals surface area contributed by atoms with Crippen LogP contribution in [0.5, 0.6) is 0 Å². The number of nitrogens with zero attached hydrogens (tertiary/aromatic N) is 2. The molecule has 0 aromatic carbocycles. The predicted molar refractivity (Wildman–Crippen MR) is 102 cm³/mol. The topological polar surface area (TPSA) is 106 Å². The van der Waals surface area contributed by atoms with Gasteiger partial charge in [-0.3, -0.25) is 4.79 Å². The molecular formula is C16H22N4O4S2. The molecule has 0 bridgehead atoms. The van der Waals surface area contributed by atoms with Crippen LogP contribution in [0.25, 0.3) is 0 Å². The molecule has 2 aromatic heterocycles. The summed E-state index contributed by atoms with van der Waals surface area (Å²) in [6.07, 6.45) is 0. The molecule has 2 rings (SSSR count). The highest BCUT2D eigenvalue weighted by atomic mass is 32.2. The minimum atomic E-state index is -0.483. The van der Waals surface area contributed by atoms with E-state index in [1.165, 1.54) is 23.1 Å². The van der Waals surface area contributed by atoms with Gasteiger partial charge in [-0.2, -0.15) is 0 Å². The van der Waals surface area contributed by atoms with Crippen LogP contribution in [0.2, 0.25) is 0 Å². The zero-order valence-corrected chi connectivity index (χ0v) is 16.8. The maximum Gasteiger partial charge on any atom is 0.340 e. The van der Waals surface area contributed by atoms with E-state index in [4.69, 9.17) is 9.47 Å². The SMILES string of the molecule is CCOC(=O)c1c(C)[nH]c(C)c1C(=O)CSc1nnc(NCCOC)s1. The van der Waals surface area contributed by atoms with Crippen LogP contribution in [0.1, 0.15) is 39.0 Å². The number of H-pyrrole nitrogens is 1. The molecule has 0 spiro atoms. The molecule has 0 aliphatic carbocycles.